The van der Waals surface area contributed by atoms with E-state index < -0.39 is 81.9 Å². The van der Waals surface area contributed by atoms with Gasteiger partial charge in [0.05, 0.1) is 25.9 Å². The van der Waals surface area contributed by atoms with E-state index in [0.717, 1.165) is 25.1 Å². The number of aromatic nitrogens is 8. The van der Waals surface area contributed by atoms with Gasteiger partial charge in [0.25, 0.3) is 0 Å². The van der Waals surface area contributed by atoms with E-state index in [4.69, 9.17) is 9.47 Å². The molecule has 8 atom stereocenters. The minimum absolute atomic E-state index is 0.0628. The van der Waals surface area contributed by atoms with E-state index in [1.807, 2.05) is 0 Å². The molecule has 49 heavy (non-hydrogen) atoms. The Bertz CT molecular complexity index is 2000. The molecule has 0 unspecified atom stereocenters. The molecule has 0 bridgehead atoms. The van der Waals surface area contributed by atoms with Crippen molar-refractivity contribution in [3.63, 3.8) is 0 Å². The minimum atomic E-state index is -4.74. The molecule has 6 rings (SSSR count). The first kappa shape index (κ1) is 33.7. The quantitative estimate of drug-likeness (QED) is 0.0758. The smallest absolute Gasteiger partial charge is 0.229 e. The molecule has 0 amide bonds. The first-order valence-corrected chi connectivity index (χ1v) is 15.6. The Hall–Kier alpha value is -5.21. The van der Waals surface area contributed by atoms with E-state index in [2.05, 4.69) is 40.5 Å². The van der Waals surface area contributed by atoms with Gasteiger partial charge in [0, 0.05) is 12.4 Å². The first-order valence-electron chi connectivity index (χ1n) is 14.1. The van der Waals surface area contributed by atoms with Crippen LogP contribution in [-0.4, -0.2) is 128 Å². The van der Waals surface area contributed by atoms with E-state index >= 15 is 0 Å². The maximum Gasteiger partial charge on any atom is 0.229 e. The number of nitrogens with one attached hydrogen (secondary N) is 2. The Labute approximate surface area is 274 Å². The SMILES string of the molecule is N#C/C(=C\Nc1ncnc2c1ncn2[C@@H]1O[C@H](CO)[C@@H](O)[C@H]1O)S(=O)(=O)/C(C#N)=C/Nc1ncnc2c1ncn2[C@@H]1O[C@H](CO)[C@@H](O)[C@H]1O. The van der Waals surface area contributed by atoms with E-state index in [9.17, 15) is 49.6 Å². The molecule has 256 valence electrons. The normalized spacial score (nSPS) is 27.8. The second-order valence-corrected chi connectivity index (χ2v) is 12.5. The Morgan fingerprint density at radius 3 is 1.49 bits per heavy atom. The lowest BCUT2D eigenvalue weighted by atomic mass is 10.1. The molecule has 8 N–H and O–H groups in total. The largest absolute Gasteiger partial charge is 0.394 e. The van der Waals surface area contributed by atoms with Gasteiger partial charge >= 0.3 is 0 Å². The van der Waals surface area contributed by atoms with E-state index in [0.29, 0.717) is 0 Å². The van der Waals surface area contributed by atoms with Gasteiger partial charge in [-0.1, -0.05) is 0 Å². The van der Waals surface area contributed by atoms with Gasteiger partial charge in [0.2, 0.25) is 9.84 Å². The molecule has 0 aromatic carbocycles. The molecular weight excluding hydrogens is 672 g/mol. The molecule has 0 saturated carbocycles. The van der Waals surface area contributed by atoms with Crippen LogP contribution in [0.3, 0.4) is 0 Å². The molecular formula is C26H26N12O10S. The van der Waals surface area contributed by atoms with Crippen molar-refractivity contribution in [1.82, 2.24) is 39.0 Å². The zero-order valence-electron chi connectivity index (χ0n) is 24.7. The maximum absolute atomic E-state index is 13.3. The van der Waals surface area contributed by atoms with Crippen molar-refractivity contribution in [3.05, 3.63) is 47.5 Å². The monoisotopic (exact) mass is 698 g/mol. The first-order chi connectivity index (χ1) is 23.5. The highest BCUT2D eigenvalue weighted by Gasteiger charge is 2.45. The van der Waals surface area contributed by atoms with Gasteiger partial charge in [-0.15, -0.1) is 0 Å². The molecule has 0 spiro atoms. The van der Waals surface area contributed by atoms with Crippen molar-refractivity contribution in [1.29, 1.82) is 10.5 Å². The van der Waals surface area contributed by atoms with Gasteiger partial charge in [-0.3, -0.25) is 9.13 Å². The Kier molecular flexibility index (Phi) is 9.18. The number of sulfone groups is 1. The van der Waals surface area contributed by atoms with Crippen LogP contribution in [0.25, 0.3) is 22.3 Å². The van der Waals surface area contributed by atoms with Crippen molar-refractivity contribution in [2.24, 2.45) is 0 Å². The van der Waals surface area contributed by atoms with Crippen molar-refractivity contribution in [2.75, 3.05) is 23.8 Å². The number of anilines is 2. The number of nitrogens with zero attached hydrogens (tertiary/aromatic N) is 10. The van der Waals surface area contributed by atoms with Crippen LogP contribution in [0.5, 0.6) is 0 Å². The molecule has 0 aliphatic carbocycles. The number of allylic oxidation sites excluding steroid dienone is 2. The summed E-state index contributed by atoms with van der Waals surface area (Å²) in [6.07, 6.45) is -3.89. The van der Waals surface area contributed by atoms with E-state index in [1.54, 1.807) is 0 Å². The van der Waals surface area contributed by atoms with Gasteiger partial charge in [0.1, 0.15) is 61.4 Å². The fraction of sp³-hybridized carbons (Fsp3) is 0.385. The number of hydrogen-bond acceptors (Lipinski definition) is 20. The lowest BCUT2D eigenvalue weighted by Crippen LogP contribution is -2.33. The highest BCUT2D eigenvalue weighted by Crippen LogP contribution is 2.33. The number of ether oxygens (including phenoxy) is 2. The minimum Gasteiger partial charge on any atom is -0.394 e. The summed E-state index contributed by atoms with van der Waals surface area (Å²) in [5.41, 5.74) is 0.322. The number of fused-ring (bicyclic) bond motifs is 2. The van der Waals surface area contributed by atoms with Crippen LogP contribution in [0.15, 0.2) is 47.5 Å². The van der Waals surface area contributed by atoms with Crippen molar-refractivity contribution >= 4 is 43.8 Å². The van der Waals surface area contributed by atoms with Gasteiger partial charge < -0.3 is 50.7 Å². The molecule has 2 aliphatic rings. The molecule has 2 aliphatic heterocycles. The van der Waals surface area contributed by atoms with Crippen LogP contribution < -0.4 is 10.6 Å². The maximum atomic E-state index is 13.3. The summed E-state index contributed by atoms with van der Waals surface area (Å²) in [6, 6.07) is 3.05. The van der Waals surface area contributed by atoms with E-state index in [-0.39, 0.29) is 34.0 Å². The van der Waals surface area contributed by atoms with Crippen LogP contribution in [0, 0.1) is 22.7 Å². The lowest BCUT2D eigenvalue weighted by Gasteiger charge is -2.16. The third kappa shape index (κ3) is 5.80. The molecule has 22 nitrogen and oxygen atoms in total. The van der Waals surface area contributed by atoms with Gasteiger partial charge in [0.15, 0.2) is 56.2 Å². The Morgan fingerprint density at radius 2 is 1.14 bits per heavy atom. The number of hydrogen-bond donors (Lipinski definition) is 8. The zero-order chi connectivity index (χ0) is 35.0. The second-order valence-electron chi connectivity index (χ2n) is 10.6. The summed E-state index contributed by atoms with van der Waals surface area (Å²) in [7, 11) is -4.74. The summed E-state index contributed by atoms with van der Waals surface area (Å²) in [6.45, 7) is -1.11. The van der Waals surface area contributed by atoms with Crippen LogP contribution in [0.1, 0.15) is 12.5 Å². The molecule has 2 saturated heterocycles. The average molecular weight is 699 g/mol. The molecule has 4 aromatic heterocycles. The van der Waals surface area contributed by atoms with Gasteiger partial charge in [-0.2, -0.15) is 10.5 Å². The summed E-state index contributed by atoms with van der Waals surface area (Å²) in [4.78, 5) is 22.8. The van der Waals surface area contributed by atoms with Crippen molar-refractivity contribution < 1.29 is 48.5 Å². The number of imidazole rings is 2. The number of rotatable bonds is 10. The van der Waals surface area contributed by atoms with Crippen LogP contribution in [0.2, 0.25) is 0 Å². The summed E-state index contributed by atoms with van der Waals surface area (Å²) < 4.78 is 40.2. The number of nitriles is 2. The summed E-state index contributed by atoms with van der Waals surface area (Å²) in [5.74, 6) is -0.126. The van der Waals surface area contributed by atoms with Crippen molar-refractivity contribution in [3.8, 4) is 12.1 Å². The Balaban J connectivity index is 1.24. The van der Waals surface area contributed by atoms with Crippen LogP contribution in [-0.2, 0) is 19.3 Å². The number of aliphatic hydroxyl groups is 6. The standard InChI is InChI=1S/C26H26N12O10S/c27-1-11(3-29-21-15-23(33-7-31-21)37(9-35-15)25-19(43)17(41)13(5-39)47-25)49(45,46)12(2-28)4-30-22-16-24(34-8-32-22)38(10-36-16)26-20(44)18(42)14(6-40)48-26/h3-4,7-10,13-14,17-20,25-26,39-44H,5-6H2,(H,29,31,33)(H,30,32,34)/b11-3+,12-4+/t13-,14-,17-,18-,19-,20-,25-,26-/m1/s1. The molecule has 23 heteroatoms. The Morgan fingerprint density at radius 1 is 0.735 bits per heavy atom. The predicted molar refractivity (Wildman–Crippen MR) is 160 cm³/mol. The van der Waals surface area contributed by atoms with Crippen molar-refractivity contribution in [2.45, 2.75) is 49.1 Å². The van der Waals surface area contributed by atoms with Crippen LogP contribution in [0.4, 0.5) is 11.6 Å². The second kappa shape index (κ2) is 13.4. The zero-order valence-corrected chi connectivity index (χ0v) is 25.5. The highest BCUT2D eigenvalue weighted by molar-refractivity contribution is 7.99. The summed E-state index contributed by atoms with van der Waals surface area (Å²) >= 11 is 0. The van der Waals surface area contributed by atoms with E-state index in [1.165, 1.54) is 33.9 Å². The predicted octanol–water partition coefficient (Wildman–Crippen LogP) is -3.14. The summed E-state index contributed by atoms with van der Waals surface area (Å²) in [5, 5.41) is 84.4. The third-order valence-corrected chi connectivity index (χ3v) is 9.36. The molecule has 2 fully saturated rings. The molecule has 0 radical (unpaired) electrons. The third-order valence-electron chi connectivity index (χ3n) is 7.78. The fourth-order valence-corrected chi connectivity index (χ4v) is 6.14. The van der Waals surface area contributed by atoms with Crippen LogP contribution >= 0.6 is 0 Å². The fourth-order valence-electron chi connectivity index (χ4n) is 5.23. The number of aliphatic hydroxyl groups excluding tert-OH is 6. The molecule has 4 aromatic rings. The average Bonchev–Trinajstić information content (AvgIpc) is 3.86. The van der Waals surface area contributed by atoms with Gasteiger partial charge in [-0.25, -0.2) is 38.3 Å². The van der Waals surface area contributed by atoms with Gasteiger partial charge in [-0.05, 0) is 0 Å². The lowest BCUT2D eigenvalue weighted by molar-refractivity contribution is -0.0511. The highest BCUT2D eigenvalue weighted by atomic mass is 32.2. The molecule has 6 heterocycles. The topological polar surface area (TPSA) is 333 Å².